The van der Waals surface area contributed by atoms with Gasteiger partial charge in [0.2, 0.25) is 5.91 Å². The second kappa shape index (κ2) is 9.49. The normalized spacial score (nSPS) is 10.5. The predicted octanol–water partition coefficient (Wildman–Crippen LogP) is 4.69. The molecule has 0 fully saturated rings. The van der Waals surface area contributed by atoms with Gasteiger partial charge in [-0.1, -0.05) is 17.7 Å². The first kappa shape index (κ1) is 20.1. The van der Waals surface area contributed by atoms with Crippen LogP contribution in [0.1, 0.15) is 5.56 Å². The summed E-state index contributed by atoms with van der Waals surface area (Å²) >= 11 is 6.10. The van der Waals surface area contributed by atoms with Crippen molar-refractivity contribution in [1.82, 2.24) is 4.57 Å². The summed E-state index contributed by atoms with van der Waals surface area (Å²) in [5, 5.41) is 12.1. The molecule has 1 aromatic heterocycles. The minimum atomic E-state index is -0.287. The molecule has 0 atom stereocenters. The van der Waals surface area contributed by atoms with Crippen LogP contribution in [0, 0.1) is 11.3 Å². The number of anilines is 1. The smallest absolute Gasteiger partial charge is 0.248 e. The minimum absolute atomic E-state index is 0.0707. The second-order valence-electron chi connectivity index (χ2n) is 5.93. The molecule has 7 heteroatoms. The number of carbonyl (C=O) groups is 1. The second-order valence-corrected chi connectivity index (χ2v) is 6.37. The molecule has 29 heavy (non-hydrogen) atoms. The third-order valence-corrected chi connectivity index (χ3v) is 4.24. The number of nitrogens with zero attached hydrogens (tertiary/aromatic N) is 2. The number of hydrogen-bond acceptors (Lipinski definition) is 4. The number of benzene rings is 2. The third-order valence-electron chi connectivity index (χ3n) is 4.01. The van der Waals surface area contributed by atoms with Gasteiger partial charge in [-0.25, -0.2) is 0 Å². The highest BCUT2D eigenvalue weighted by Gasteiger charge is 2.08. The van der Waals surface area contributed by atoms with Crippen LogP contribution in [-0.4, -0.2) is 24.2 Å². The van der Waals surface area contributed by atoms with Crippen molar-refractivity contribution in [3.05, 3.63) is 77.6 Å². The summed E-state index contributed by atoms with van der Waals surface area (Å²) in [5.41, 5.74) is 2.16. The number of rotatable bonds is 7. The molecule has 0 aliphatic heterocycles. The lowest BCUT2D eigenvalue weighted by molar-refractivity contribution is -0.111. The van der Waals surface area contributed by atoms with E-state index in [2.05, 4.69) is 5.32 Å². The number of nitriles is 1. The Balaban J connectivity index is 1.75. The Morgan fingerprint density at radius 2 is 2.00 bits per heavy atom. The summed E-state index contributed by atoms with van der Waals surface area (Å²) < 4.78 is 12.4. The zero-order valence-corrected chi connectivity index (χ0v) is 16.4. The van der Waals surface area contributed by atoms with Gasteiger partial charge in [-0.15, -0.1) is 0 Å². The topological polar surface area (TPSA) is 76.3 Å². The van der Waals surface area contributed by atoms with E-state index < -0.39 is 0 Å². The molecule has 2 aromatic carbocycles. The first-order valence-corrected chi connectivity index (χ1v) is 9.08. The molecule has 0 saturated heterocycles. The summed E-state index contributed by atoms with van der Waals surface area (Å²) in [6.07, 6.45) is 6.84. The molecular formula is C22H18ClN3O3. The van der Waals surface area contributed by atoms with Crippen molar-refractivity contribution < 1.29 is 14.3 Å². The number of methoxy groups -OCH3 is 1. The highest BCUT2D eigenvalue weighted by Crippen LogP contribution is 2.29. The number of halogens is 1. The Kier molecular flexibility index (Phi) is 6.56. The summed E-state index contributed by atoms with van der Waals surface area (Å²) in [6, 6.07) is 16.1. The largest absolute Gasteiger partial charge is 0.493 e. The summed E-state index contributed by atoms with van der Waals surface area (Å²) in [7, 11) is 1.51. The standard InChI is InChI=1S/C22H18ClN3O3/c1-28-21-14-16(4-8-20(21)29-13-10-24)5-9-22(27)25-18-7-6-17(23)15-19(18)26-11-2-3-12-26/h2-9,11-12,14-15H,13H2,1H3,(H,25,27)/b9-5+. The van der Waals surface area contributed by atoms with E-state index in [0.717, 1.165) is 11.3 Å². The van der Waals surface area contributed by atoms with Crippen LogP contribution in [0.5, 0.6) is 11.5 Å². The molecule has 1 heterocycles. The molecule has 0 aliphatic rings. The molecular weight excluding hydrogens is 390 g/mol. The Morgan fingerprint density at radius 3 is 2.72 bits per heavy atom. The lowest BCUT2D eigenvalue weighted by Gasteiger charge is -2.11. The number of ether oxygens (including phenoxy) is 2. The van der Waals surface area contributed by atoms with Gasteiger partial charge in [0.1, 0.15) is 6.07 Å². The number of hydrogen-bond donors (Lipinski definition) is 1. The van der Waals surface area contributed by atoms with Gasteiger partial charge >= 0.3 is 0 Å². The quantitative estimate of drug-likeness (QED) is 0.576. The van der Waals surface area contributed by atoms with Gasteiger partial charge in [-0.3, -0.25) is 4.79 Å². The Hall–Kier alpha value is -3.69. The van der Waals surface area contributed by atoms with Crippen LogP contribution < -0.4 is 14.8 Å². The minimum Gasteiger partial charge on any atom is -0.493 e. The summed E-state index contributed by atoms with van der Waals surface area (Å²) in [4.78, 5) is 12.4. The molecule has 0 saturated carbocycles. The van der Waals surface area contributed by atoms with Crippen molar-refractivity contribution in [1.29, 1.82) is 5.26 Å². The SMILES string of the molecule is COc1cc(/C=C/C(=O)Nc2ccc(Cl)cc2-n2cccc2)ccc1OCC#N. The fraction of sp³-hybridized carbons (Fsp3) is 0.0909. The van der Waals surface area contributed by atoms with Crippen molar-refractivity contribution >= 4 is 29.3 Å². The first-order valence-electron chi connectivity index (χ1n) is 8.70. The van der Waals surface area contributed by atoms with Crippen LogP contribution in [-0.2, 0) is 4.79 Å². The van der Waals surface area contributed by atoms with Crippen LogP contribution in [0.3, 0.4) is 0 Å². The third kappa shape index (κ3) is 5.18. The van der Waals surface area contributed by atoms with Gasteiger partial charge in [0.25, 0.3) is 0 Å². The maximum atomic E-state index is 12.4. The molecule has 0 bridgehead atoms. The van der Waals surface area contributed by atoms with Gasteiger partial charge in [-0.2, -0.15) is 5.26 Å². The molecule has 0 aliphatic carbocycles. The van der Waals surface area contributed by atoms with E-state index in [4.69, 9.17) is 26.3 Å². The van der Waals surface area contributed by atoms with Crippen molar-refractivity contribution in [2.24, 2.45) is 0 Å². The fourth-order valence-electron chi connectivity index (χ4n) is 2.68. The lowest BCUT2D eigenvalue weighted by Crippen LogP contribution is -2.10. The zero-order chi connectivity index (χ0) is 20.6. The van der Waals surface area contributed by atoms with Crippen molar-refractivity contribution in [2.45, 2.75) is 0 Å². The molecule has 1 N–H and O–H groups in total. The monoisotopic (exact) mass is 407 g/mol. The molecule has 1 amide bonds. The van der Waals surface area contributed by atoms with Crippen molar-refractivity contribution in [3.8, 4) is 23.3 Å². The summed E-state index contributed by atoms with van der Waals surface area (Å²) in [5.74, 6) is 0.660. The predicted molar refractivity (Wildman–Crippen MR) is 113 cm³/mol. The van der Waals surface area contributed by atoms with Crippen LogP contribution in [0.4, 0.5) is 5.69 Å². The maximum absolute atomic E-state index is 12.4. The van der Waals surface area contributed by atoms with Crippen LogP contribution in [0.15, 0.2) is 67.0 Å². The fourth-order valence-corrected chi connectivity index (χ4v) is 2.85. The zero-order valence-electron chi connectivity index (χ0n) is 15.6. The van der Waals surface area contributed by atoms with E-state index in [1.807, 2.05) is 35.2 Å². The average molecular weight is 408 g/mol. The molecule has 6 nitrogen and oxygen atoms in total. The number of amides is 1. The molecule has 146 valence electrons. The first-order chi connectivity index (χ1) is 14.1. The number of nitrogens with one attached hydrogen (secondary N) is 1. The van der Waals surface area contributed by atoms with Gasteiger partial charge in [-0.05, 0) is 54.1 Å². The van der Waals surface area contributed by atoms with E-state index >= 15 is 0 Å². The molecule has 3 aromatic rings. The van der Waals surface area contributed by atoms with Gasteiger partial charge < -0.3 is 19.4 Å². The maximum Gasteiger partial charge on any atom is 0.248 e. The van der Waals surface area contributed by atoms with Crippen molar-refractivity contribution in [2.75, 3.05) is 19.0 Å². The van der Waals surface area contributed by atoms with Crippen LogP contribution in [0.2, 0.25) is 5.02 Å². The Bertz CT molecular complexity index is 1070. The van der Waals surface area contributed by atoms with Crippen LogP contribution in [0.25, 0.3) is 11.8 Å². The van der Waals surface area contributed by atoms with E-state index in [1.54, 1.807) is 42.5 Å². The van der Waals surface area contributed by atoms with Gasteiger partial charge in [0.15, 0.2) is 18.1 Å². The lowest BCUT2D eigenvalue weighted by atomic mass is 10.2. The number of aromatic nitrogens is 1. The van der Waals surface area contributed by atoms with E-state index in [0.29, 0.717) is 22.2 Å². The number of carbonyl (C=O) groups excluding carboxylic acids is 1. The van der Waals surface area contributed by atoms with E-state index in [1.165, 1.54) is 13.2 Å². The molecule has 3 rings (SSSR count). The Morgan fingerprint density at radius 1 is 1.21 bits per heavy atom. The van der Waals surface area contributed by atoms with E-state index in [9.17, 15) is 4.79 Å². The molecule has 0 spiro atoms. The average Bonchev–Trinajstić information content (AvgIpc) is 3.27. The van der Waals surface area contributed by atoms with Gasteiger partial charge in [0, 0.05) is 23.5 Å². The summed E-state index contributed by atoms with van der Waals surface area (Å²) in [6.45, 7) is -0.0707. The molecule has 0 radical (unpaired) electrons. The van der Waals surface area contributed by atoms with Gasteiger partial charge in [0.05, 0.1) is 18.5 Å². The van der Waals surface area contributed by atoms with Crippen molar-refractivity contribution in [3.63, 3.8) is 0 Å². The van der Waals surface area contributed by atoms with Crippen LogP contribution >= 0.6 is 11.6 Å². The van der Waals surface area contributed by atoms with E-state index in [-0.39, 0.29) is 12.5 Å². The highest BCUT2D eigenvalue weighted by atomic mass is 35.5. The Labute approximate surface area is 173 Å². The molecule has 0 unspecified atom stereocenters. The highest BCUT2D eigenvalue weighted by molar-refractivity contribution is 6.31.